The summed E-state index contributed by atoms with van der Waals surface area (Å²) in [6.07, 6.45) is 3.78. The quantitative estimate of drug-likeness (QED) is 0.822. The molecule has 122 valence electrons. The first-order chi connectivity index (χ1) is 11.1. The number of carboxylic acid groups (broad SMARTS) is 1. The number of hydrogen-bond acceptors (Lipinski definition) is 4. The van der Waals surface area contributed by atoms with E-state index in [0.717, 1.165) is 6.42 Å². The van der Waals surface area contributed by atoms with Gasteiger partial charge in [-0.15, -0.1) is 5.10 Å². The summed E-state index contributed by atoms with van der Waals surface area (Å²) < 4.78 is 2.66. The lowest BCUT2D eigenvalue weighted by atomic mass is 10.0. The highest BCUT2D eigenvalue weighted by Crippen LogP contribution is 2.25. The normalized spacial score (nSPS) is 20.7. The van der Waals surface area contributed by atoms with Gasteiger partial charge in [-0.05, 0) is 25.0 Å². The van der Waals surface area contributed by atoms with E-state index in [4.69, 9.17) is 5.11 Å². The molecule has 1 saturated carbocycles. The van der Waals surface area contributed by atoms with Gasteiger partial charge in [-0.25, -0.2) is 9.48 Å². The SMILES string of the molecule is O=C(CCn1nc2ccccn2c1=O)N[C@H]1CCC[C@H]1C(=O)O. The van der Waals surface area contributed by atoms with E-state index in [2.05, 4.69) is 10.4 Å². The topological polar surface area (TPSA) is 106 Å². The Morgan fingerprint density at radius 3 is 2.91 bits per heavy atom. The minimum Gasteiger partial charge on any atom is -0.481 e. The van der Waals surface area contributed by atoms with E-state index in [1.165, 1.54) is 9.08 Å². The van der Waals surface area contributed by atoms with Crippen LogP contribution < -0.4 is 11.0 Å². The van der Waals surface area contributed by atoms with Crippen molar-refractivity contribution in [2.24, 2.45) is 5.92 Å². The van der Waals surface area contributed by atoms with Crippen molar-refractivity contribution in [1.82, 2.24) is 19.5 Å². The van der Waals surface area contributed by atoms with E-state index in [0.29, 0.717) is 18.5 Å². The Morgan fingerprint density at radius 1 is 1.35 bits per heavy atom. The highest BCUT2D eigenvalue weighted by molar-refractivity contribution is 5.78. The molecule has 0 bridgehead atoms. The van der Waals surface area contributed by atoms with Crippen LogP contribution in [0.2, 0.25) is 0 Å². The first-order valence-corrected chi connectivity index (χ1v) is 7.62. The zero-order valence-corrected chi connectivity index (χ0v) is 12.5. The van der Waals surface area contributed by atoms with Crippen molar-refractivity contribution in [3.05, 3.63) is 34.9 Å². The maximum Gasteiger partial charge on any atom is 0.350 e. The third-order valence-electron chi connectivity index (χ3n) is 4.22. The molecule has 1 amide bonds. The molecule has 2 heterocycles. The van der Waals surface area contributed by atoms with Crippen LogP contribution >= 0.6 is 0 Å². The van der Waals surface area contributed by atoms with Crippen LogP contribution in [0.1, 0.15) is 25.7 Å². The molecule has 1 aliphatic rings. The van der Waals surface area contributed by atoms with Crippen LogP contribution in [0.5, 0.6) is 0 Å². The Kier molecular flexibility index (Phi) is 4.14. The molecule has 2 atom stereocenters. The Morgan fingerprint density at radius 2 is 2.17 bits per heavy atom. The average molecular weight is 318 g/mol. The van der Waals surface area contributed by atoms with Gasteiger partial charge in [-0.3, -0.25) is 14.0 Å². The summed E-state index contributed by atoms with van der Waals surface area (Å²) in [5, 5.41) is 16.0. The fourth-order valence-electron chi connectivity index (χ4n) is 3.03. The summed E-state index contributed by atoms with van der Waals surface area (Å²) in [4.78, 5) is 35.2. The monoisotopic (exact) mass is 318 g/mol. The molecule has 0 saturated heterocycles. The second kappa shape index (κ2) is 6.23. The Bertz CT molecular complexity index is 794. The van der Waals surface area contributed by atoms with Crippen molar-refractivity contribution < 1.29 is 14.7 Å². The van der Waals surface area contributed by atoms with Gasteiger partial charge in [0.25, 0.3) is 0 Å². The first-order valence-electron chi connectivity index (χ1n) is 7.62. The van der Waals surface area contributed by atoms with Crippen LogP contribution in [0, 0.1) is 5.92 Å². The van der Waals surface area contributed by atoms with E-state index in [9.17, 15) is 14.4 Å². The van der Waals surface area contributed by atoms with Gasteiger partial charge in [-0.2, -0.15) is 0 Å². The summed E-state index contributed by atoms with van der Waals surface area (Å²) in [6.45, 7) is 0.163. The number of amides is 1. The summed E-state index contributed by atoms with van der Waals surface area (Å²) in [5.74, 6) is -1.65. The van der Waals surface area contributed by atoms with Gasteiger partial charge in [0.05, 0.1) is 12.5 Å². The number of hydrogen-bond donors (Lipinski definition) is 2. The number of aryl methyl sites for hydroxylation is 1. The second-order valence-corrected chi connectivity index (χ2v) is 5.73. The molecule has 0 unspecified atom stereocenters. The molecule has 8 heteroatoms. The Labute approximate surface area is 131 Å². The van der Waals surface area contributed by atoms with Gasteiger partial charge in [-0.1, -0.05) is 12.5 Å². The number of nitrogens with zero attached hydrogens (tertiary/aromatic N) is 3. The average Bonchev–Trinajstić information content (AvgIpc) is 3.11. The number of nitrogens with one attached hydrogen (secondary N) is 1. The molecule has 23 heavy (non-hydrogen) atoms. The van der Waals surface area contributed by atoms with Crippen LogP contribution in [-0.2, 0) is 16.1 Å². The van der Waals surface area contributed by atoms with Crippen molar-refractivity contribution in [3.63, 3.8) is 0 Å². The lowest BCUT2D eigenvalue weighted by Crippen LogP contribution is -2.40. The molecular weight excluding hydrogens is 300 g/mol. The maximum atomic E-state index is 12.1. The fraction of sp³-hybridized carbons (Fsp3) is 0.467. The molecule has 2 aromatic heterocycles. The molecule has 0 aliphatic heterocycles. The first kappa shape index (κ1) is 15.3. The van der Waals surface area contributed by atoms with Crippen LogP contribution in [0.25, 0.3) is 5.65 Å². The number of carbonyl (C=O) groups is 2. The molecule has 0 spiro atoms. The number of carboxylic acids is 1. The molecule has 2 N–H and O–H groups in total. The molecule has 3 rings (SSSR count). The fourth-order valence-corrected chi connectivity index (χ4v) is 3.03. The van der Waals surface area contributed by atoms with Gasteiger partial charge in [0.15, 0.2) is 5.65 Å². The van der Waals surface area contributed by atoms with E-state index < -0.39 is 11.9 Å². The van der Waals surface area contributed by atoms with Gasteiger partial charge < -0.3 is 10.4 Å². The van der Waals surface area contributed by atoms with E-state index >= 15 is 0 Å². The number of carbonyl (C=O) groups excluding carboxylic acids is 1. The summed E-state index contributed by atoms with van der Waals surface area (Å²) >= 11 is 0. The lowest BCUT2D eigenvalue weighted by molar-refractivity contribution is -0.142. The van der Waals surface area contributed by atoms with Crippen molar-refractivity contribution in [2.75, 3.05) is 0 Å². The molecule has 1 aliphatic carbocycles. The molecular formula is C15H18N4O4. The molecule has 0 aromatic carbocycles. The smallest absolute Gasteiger partial charge is 0.350 e. The Balaban J connectivity index is 1.61. The lowest BCUT2D eigenvalue weighted by Gasteiger charge is -2.17. The molecule has 0 radical (unpaired) electrons. The van der Waals surface area contributed by atoms with Gasteiger partial charge in [0.1, 0.15) is 0 Å². The number of rotatable bonds is 5. The molecule has 2 aromatic rings. The van der Waals surface area contributed by atoms with Gasteiger partial charge in [0.2, 0.25) is 5.91 Å². The van der Waals surface area contributed by atoms with Gasteiger partial charge >= 0.3 is 11.7 Å². The largest absolute Gasteiger partial charge is 0.481 e. The number of aliphatic carboxylic acids is 1. The summed E-state index contributed by atoms with van der Waals surface area (Å²) in [6, 6.07) is 4.91. The highest BCUT2D eigenvalue weighted by Gasteiger charge is 2.33. The second-order valence-electron chi connectivity index (χ2n) is 5.73. The zero-order valence-electron chi connectivity index (χ0n) is 12.5. The predicted octanol–water partition coefficient (Wildman–Crippen LogP) is 0.256. The number of pyridine rings is 1. The molecule has 1 fully saturated rings. The maximum absolute atomic E-state index is 12.1. The van der Waals surface area contributed by atoms with Crippen molar-refractivity contribution in [3.8, 4) is 0 Å². The number of aromatic nitrogens is 3. The van der Waals surface area contributed by atoms with Crippen molar-refractivity contribution >= 4 is 17.5 Å². The van der Waals surface area contributed by atoms with Crippen LogP contribution in [0.3, 0.4) is 0 Å². The Hall–Kier alpha value is -2.64. The van der Waals surface area contributed by atoms with Gasteiger partial charge in [0, 0.05) is 18.7 Å². The minimum absolute atomic E-state index is 0.0899. The predicted molar refractivity (Wildman–Crippen MR) is 81.0 cm³/mol. The summed E-state index contributed by atoms with van der Waals surface area (Å²) in [7, 11) is 0. The zero-order chi connectivity index (χ0) is 16.4. The van der Waals surface area contributed by atoms with Crippen LogP contribution in [0.15, 0.2) is 29.2 Å². The van der Waals surface area contributed by atoms with E-state index in [-0.39, 0.29) is 30.6 Å². The summed E-state index contributed by atoms with van der Waals surface area (Å²) in [5.41, 5.74) is 0.234. The standard InChI is InChI=1S/C15H18N4O4/c20-13(16-11-5-3-4-10(11)14(21)22)7-9-19-15(23)18-8-2-1-6-12(18)17-19/h1-2,6,8,10-11H,3-5,7,9H2,(H,16,20)(H,21,22)/t10-,11+/m1/s1. The van der Waals surface area contributed by atoms with Crippen molar-refractivity contribution in [1.29, 1.82) is 0 Å². The minimum atomic E-state index is -0.871. The third kappa shape index (κ3) is 3.10. The van der Waals surface area contributed by atoms with E-state index in [1.807, 2.05) is 0 Å². The third-order valence-corrected chi connectivity index (χ3v) is 4.22. The van der Waals surface area contributed by atoms with Crippen LogP contribution in [-0.4, -0.2) is 37.2 Å². The number of fused-ring (bicyclic) bond motifs is 1. The van der Waals surface area contributed by atoms with E-state index in [1.54, 1.807) is 24.4 Å². The highest BCUT2D eigenvalue weighted by atomic mass is 16.4. The molecule has 8 nitrogen and oxygen atoms in total. The van der Waals surface area contributed by atoms with Crippen molar-refractivity contribution in [2.45, 2.75) is 38.3 Å². The van der Waals surface area contributed by atoms with Crippen LogP contribution in [0.4, 0.5) is 0 Å².